The van der Waals surface area contributed by atoms with Crippen LogP contribution >= 0.6 is 0 Å². The van der Waals surface area contributed by atoms with Crippen molar-refractivity contribution < 1.29 is 28.0 Å². The number of esters is 1. The van der Waals surface area contributed by atoms with Gasteiger partial charge >= 0.3 is 5.97 Å². The summed E-state index contributed by atoms with van der Waals surface area (Å²) < 4.78 is 32.3. The Balaban J connectivity index is 2.54. The number of ether oxygens (including phenoxy) is 1. The average molecular weight is 422 g/mol. The Hall–Kier alpha value is -2.82. The Morgan fingerprint density at radius 2 is 1.76 bits per heavy atom. The van der Waals surface area contributed by atoms with Gasteiger partial charge in [0.15, 0.2) is 11.0 Å². The quantitative estimate of drug-likeness (QED) is 0.372. The number of nitro groups is 1. The van der Waals surface area contributed by atoms with Gasteiger partial charge in [-0.15, -0.1) is 0 Å². The molecule has 9 nitrogen and oxygen atoms in total. The fourth-order valence-electron chi connectivity index (χ4n) is 2.75. The zero-order valence-electron chi connectivity index (χ0n) is 16.0. The van der Waals surface area contributed by atoms with Crippen LogP contribution in [0.4, 0.5) is 5.69 Å². The van der Waals surface area contributed by atoms with Gasteiger partial charge in [-0.3, -0.25) is 10.1 Å². The van der Waals surface area contributed by atoms with Crippen molar-refractivity contribution in [1.82, 2.24) is 4.31 Å². The lowest BCUT2D eigenvalue weighted by Gasteiger charge is -2.30. The van der Waals surface area contributed by atoms with Gasteiger partial charge in [0.05, 0.1) is 17.6 Å². The van der Waals surface area contributed by atoms with Crippen LogP contribution in [0, 0.1) is 10.1 Å². The third kappa shape index (κ3) is 5.17. The summed E-state index contributed by atoms with van der Waals surface area (Å²) >= 11 is 0. The molecule has 0 radical (unpaired) electrons. The maximum atomic E-state index is 13.3. The van der Waals surface area contributed by atoms with Gasteiger partial charge in [-0.1, -0.05) is 42.5 Å². The Kier molecular flexibility index (Phi) is 7.43. The summed E-state index contributed by atoms with van der Waals surface area (Å²) in [4.78, 5) is 22.0. The molecule has 0 spiro atoms. The van der Waals surface area contributed by atoms with Crippen LogP contribution in [0.2, 0.25) is 0 Å². The Morgan fingerprint density at radius 1 is 1.17 bits per heavy atom. The van der Waals surface area contributed by atoms with Crippen molar-refractivity contribution in [2.24, 2.45) is 0 Å². The zero-order valence-corrected chi connectivity index (χ0v) is 16.8. The predicted octanol–water partition coefficient (Wildman–Crippen LogP) is 2.10. The molecule has 0 unspecified atom stereocenters. The normalized spacial score (nSPS) is 13.7. The molecule has 156 valence electrons. The average Bonchev–Trinajstić information content (AvgIpc) is 2.71. The summed E-state index contributed by atoms with van der Waals surface area (Å²) in [7, 11) is -4.44. The van der Waals surface area contributed by atoms with Crippen molar-refractivity contribution in [2.75, 3.05) is 6.61 Å². The number of rotatable bonds is 9. The van der Waals surface area contributed by atoms with Gasteiger partial charge < -0.3 is 9.84 Å². The number of aliphatic hydroxyl groups excluding tert-OH is 1. The molecule has 0 saturated heterocycles. The van der Waals surface area contributed by atoms with Gasteiger partial charge in [0.1, 0.15) is 0 Å². The number of nitro benzene ring substituents is 1. The molecule has 0 aliphatic heterocycles. The van der Waals surface area contributed by atoms with Crippen LogP contribution < -0.4 is 0 Å². The highest BCUT2D eigenvalue weighted by Crippen LogP contribution is 2.29. The first kappa shape index (κ1) is 22.5. The third-order valence-corrected chi connectivity index (χ3v) is 6.25. The van der Waals surface area contributed by atoms with E-state index in [2.05, 4.69) is 0 Å². The summed E-state index contributed by atoms with van der Waals surface area (Å²) in [5.41, 5.74) is -0.0130. The van der Waals surface area contributed by atoms with E-state index in [1.807, 2.05) is 0 Å². The van der Waals surface area contributed by atoms with E-state index in [1.165, 1.54) is 19.1 Å². The second kappa shape index (κ2) is 9.59. The zero-order chi connectivity index (χ0) is 21.6. The molecule has 10 heteroatoms. The van der Waals surface area contributed by atoms with Gasteiger partial charge in [-0.05, 0) is 25.5 Å². The summed E-state index contributed by atoms with van der Waals surface area (Å²) in [5, 5.41) is 21.7. The lowest BCUT2D eigenvalue weighted by atomic mass is 10.1. The van der Waals surface area contributed by atoms with E-state index in [0.29, 0.717) is 5.56 Å². The van der Waals surface area contributed by atoms with Crippen LogP contribution in [0.5, 0.6) is 0 Å². The van der Waals surface area contributed by atoms with Crippen LogP contribution in [0.3, 0.4) is 0 Å². The van der Waals surface area contributed by atoms with Gasteiger partial charge in [-0.2, -0.15) is 4.31 Å². The molecule has 2 rings (SSSR count). The van der Waals surface area contributed by atoms with Crippen LogP contribution in [-0.4, -0.2) is 47.5 Å². The number of carbonyl (C=O) groups is 1. The minimum absolute atomic E-state index is 0.0121. The van der Waals surface area contributed by atoms with Crippen LogP contribution in [-0.2, 0) is 26.1 Å². The molecule has 2 aromatic carbocycles. The number of aliphatic hydroxyl groups is 1. The minimum Gasteiger partial charge on any atom is -0.464 e. The van der Waals surface area contributed by atoms with Crippen LogP contribution in [0.15, 0.2) is 59.5 Å². The Morgan fingerprint density at radius 3 is 2.34 bits per heavy atom. The molecule has 0 bridgehead atoms. The molecular formula is C19H22N2O7S. The molecule has 2 atom stereocenters. The number of para-hydroxylation sites is 1. The number of benzene rings is 2. The monoisotopic (exact) mass is 422 g/mol. The van der Waals surface area contributed by atoms with Crippen molar-refractivity contribution in [1.29, 1.82) is 0 Å². The third-order valence-electron chi connectivity index (χ3n) is 4.27. The molecule has 1 N–H and O–H groups in total. The largest absolute Gasteiger partial charge is 0.464 e. The minimum atomic E-state index is -4.44. The molecule has 0 fully saturated rings. The number of carbonyl (C=O) groups excluding carboxylic acids is 1. The van der Waals surface area contributed by atoms with E-state index < -0.39 is 43.6 Å². The van der Waals surface area contributed by atoms with Crippen LogP contribution in [0.1, 0.15) is 19.4 Å². The van der Waals surface area contributed by atoms with Gasteiger partial charge in [0, 0.05) is 12.6 Å². The fraction of sp³-hybridized carbons (Fsp3) is 0.316. The number of hydrogen-bond acceptors (Lipinski definition) is 7. The summed E-state index contributed by atoms with van der Waals surface area (Å²) in [6.45, 7) is 2.71. The maximum Gasteiger partial charge on any atom is 0.336 e. The van der Waals surface area contributed by atoms with E-state index in [9.17, 15) is 28.4 Å². The predicted molar refractivity (Wildman–Crippen MR) is 104 cm³/mol. The van der Waals surface area contributed by atoms with E-state index in [4.69, 9.17) is 4.74 Å². The highest BCUT2D eigenvalue weighted by atomic mass is 32.2. The van der Waals surface area contributed by atoms with Crippen molar-refractivity contribution in [3.05, 3.63) is 70.3 Å². The van der Waals surface area contributed by atoms with Gasteiger partial charge in [0.2, 0.25) is 0 Å². The smallest absolute Gasteiger partial charge is 0.336 e. The van der Waals surface area contributed by atoms with Gasteiger partial charge in [0.25, 0.3) is 15.7 Å². The Labute approximate surface area is 168 Å². The van der Waals surface area contributed by atoms with Crippen LogP contribution in [0.25, 0.3) is 0 Å². The summed E-state index contributed by atoms with van der Waals surface area (Å²) in [6, 6.07) is 12.2. The lowest BCUT2D eigenvalue weighted by molar-refractivity contribution is -0.387. The fourth-order valence-corrected chi connectivity index (χ4v) is 4.53. The molecule has 0 aliphatic carbocycles. The molecule has 0 amide bonds. The summed E-state index contributed by atoms with van der Waals surface area (Å²) in [5.74, 6) is -0.976. The first-order valence-corrected chi connectivity index (χ1v) is 10.3. The second-order valence-electron chi connectivity index (χ2n) is 6.20. The first-order valence-electron chi connectivity index (χ1n) is 8.84. The highest BCUT2D eigenvalue weighted by molar-refractivity contribution is 7.89. The van der Waals surface area contributed by atoms with Crippen molar-refractivity contribution in [2.45, 2.75) is 37.4 Å². The number of nitrogens with zero attached hydrogens (tertiary/aromatic N) is 2. The molecule has 0 aromatic heterocycles. The first-order chi connectivity index (χ1) is 13.7. The topological polar surface area (TPSA) is 127 Å². The molecule has 0 heterocycles. The maximum absolute atomic E-state index is 13.3. The van der Waals surface area contributed by atoms with Crippen molar-refractivity contribution in [3.8, 4) is 0 Å². The number of hydrogen-bond donors (Lipinski definition) is 1. The van der Waals surface area contributed by atoms with Crippen molar-refractivity contribution >= 4 is 21.7 Å². The molecule has 0 aliphatic rings. The second-order valence-corrected chi connectivity index (χ2v) is 8.06. The van der Waals surface area contributed by atoms with E-state index in [-0.39, 0.29) is 13.2 Å². The SMILES string of the molecule is CCOC(=O)[C@@H](O)[C@H](C)N(Cc1ccccc1)S(=O)(=O)c1ccccc1[N+](=O)[O-]. The van der Waals surface area contributed by atoms with E-state index >= 15 is 0 Å². The number of sulfonamides is 1. The molecule has 0 saturated carbocycles. The lowest BCUT2D eigenvalue weighted by Crippen LogP contribution is -2.48. The standard InChI is InChI=1S/C19H22N2O7S/c1-3-28-19(23)18(22)14(2)20(13-15-9-5-4-6-10-15)29(26,27)17-12-8-7-11-16(17)21(24)25/h4-12,14,18,22H,3,13H2,1-2H3/t14-,18-/m0/s1. The highest BCUT2D eigenvalue weighted by Gasteiger charge is 2.39. The van der Waals surface area contributed by atoms with Crippen molar-refractivity contribution in [3.63, 3.8) is 0 Å². The Bertz CT molecular complexity index is 964. The van der Waals surface area contributed by atoms with Gasteiger partial charge in [-0.25, -0.2) is 13.2 Å². The molecule has 2 aromatic rings. The van der Waals surface area contributed by atoms with E-state index in [0.717, 1.165) is 16.4 Å². The molecule has 29 heavy (non-hydrogen) atoms. The van der Waals surface area contributed by atoms with E-state index in [1.54, 1.807) is 37.3 Å². The summed E-state index contributed by atoms with van der Waals surface area (Å²) in [6.07, 6.45) is -1.77. The molecular weight excluding hydrogens is 400 g/mol.